The van der Waals surface area contributed by atoms with Gasteiger partial charge in [0.1, 0.15) is 6.07 Å². The highest BCUT2D eigenvalue weighted by atomic mass is 35.5. The van der Waals surface area contributed by atoms with Gasteiger partial charge >= 0.3 is 6.09 Å². The lowest BCUT2D eigenvalue weighted by Gasteiger charge is -2.41. The first-order valence-electron chi connectivity index (χ1n) is 13.5. The normalized spacial score (nSPS) is 16.9. The smallest absolute Gasteiger partial charge is 0.407 e. The van der Waals surface area contributed by atoms with Crippen LogP contribution in [-0.2, 0) is 4.74 Å². The lowest BCUT2D eigenvalue weighted by Crippen LogP contribution is -2.60. The fourth-order valence-electron chi connectivity index (χ4n) is 4.74. The van der Waals surface area contributed by atoms with Crippen LogP contribution in [0.3, 0.4) is 0 Å². The number of hydrogen-bond donors (Lipinski definition) is 5. The minimum absolute atomic E-state index is 0.156. The highest BCUT2D eigenvalue weighted by Crippen LogP contribution is 2.37. The first-order chi connectivity index (χ1) is 20.1. The summed E-state index contributed by atoms with van der Waals surface area (Å²) >= 11 is 6.93. The average Bonchev–Trinajstić information content (AvgIpc) is 3.37. The number of piperidine rings is 1. The van der Waals surface area contributed by atoms with Crippen LogP contribution in [0.15, 0.2) is 18.3 Å². The Bertz CT molecular complexity index is 1520. The Morgan fingerprint density at radius 1 is 1.29 bits per heavy atom. The van der Waals surface area contributed by atoms with Crippen molar-refractivity contribution in [3.8, 4) is 12.1 Å². The summed E-state index contributed by atoms with van der Waals surface area (Å²) in [4.78, 5) is 22.8. The molecule has 42 heavy (non-hydrogen) atoms. The Morgan fingerprint density at radius 2 is 2.07 bits per heavy atom. The summed E-state index contributed by atoms with van der Waals surface area (Å²) in [5, 5.41) is 46.8. The number of nitrogens with zero attached hydrogens (tertiary/aromatic N) is 7. The van der Waals surface area contributed by atoms with Crippen LogP contribution >= 0.6 is 11.6 Å². The zero-order chi connectivity index (χ0) is 30.4. The molecule has 2 aromatic heterocycles. The Morgan fingerprint density at radius 3 is 2.74 bits per heavy atom. The number of anilines is 4. The molecule has 1 aliphatic heterocycles. The van der Waals surface area contributed by atoms with Crippen molar-refractivity contribution in [3.05, 3.63) is 34.6 Å². The molecule has 2 atom stereocenters. The van der Waals surface area contributed by atoms with Gasteiger partial charge in [0, 0.05) is 25.7 Å². The molecule has 1 saturated heterocycles. The maximum absolute atomic E-state index is 12.0. The van der Waals surface area contributed by atoms with Gasteiger partial charge in [-0.3, -0.25) is 0 Å². The van der Waals surface area contributed by atoms with E-state index in [0.717, 1.165) is 0 Å². The van der Waals surface area contributed by atoms with E-state index in [2.05, 4.69) is 48.5 Å². The highest BCUT2D eigenvalue weighted by Gasteiger charge is 2.32. The molecule has 3 aromatic rings. The number of aromatic nitrogens is 4. The van der Waals surface area contributed by atoms with Crippen LogP contribution in [-0.4, -0.2) is 81.8 Å². The highest BCUT2D eigenvalue weighted by molar-refractivity contribution is 6.36. The molecule has 14 nitrogen and oxygen atoms in total. The zero-order valence-corrected chi connectivity index (χ0v) is 24.7. The number of carbonyl (C=O) groups is 1. The van der Waals surface area contributed by atoms with Gasteiger partial charge in [0.25, 0.3) is 0 Å². The number of amides is 1. The number of nitrogens with one attached hydrogen (secondary N) is 4. The van der Waals surface area contributed by atoms with E-state index in [1.807, 2.05) is 11.8 Å². The minimum Gasteiger partial charge on any atom is -0.453 e. The third-order valence-corrected chi connectivity index (χ3v) is 7.23. The number of hydrogen-bond acceptors (Lipinski definition) is 12. The van der Waals surface area contributed by atoms with Crippen LogP contribution in [0.1, 0.15) is 44.9 Å². The van der Waals surface area contributed by atoms with Gasteiger partial charge in [0.15, 0.2) is 17.2 Å². The van der Waals surface area contributed by atoms with E-state index in [4.69, 9.17) is 16.3 Å². The molecule has 1 fully saturated rings. The van der Waals surface area contributed by atoms with Crippen molar-refractivity contribution < 1.29 is 14.6 Å². The quantitative estimate of drug-likeness (QED) is 0.231. The first-order valence-corrected chi connectivity index (χ1v) is 13.9. The number of carbonyl (C=O) groups excluding carboxylic acids is 1. The topological polar surface area (TPSA) is 189 Å². The minimum atomic E-state index is -0.847. The molecule has 0 spiro atoms. The number of ether oxygens (including phenoxy) is 1. The van der Waals surface area contributed by atoms with Crippen LogP contribution < -0.4 is 26.2 Å². The second kappa shape index (κ2) is 13.1. The summed E-state index contributed by atoms with van der Waals surface area (Å²) < 4.78 is 6.20. The predicted molar refractivity (Wildman–Crippen MR) is 158 cm³/mol. The Kier molecular flexibility index (Phi) is 9.52. The maximum atomic E-state index is 12.0. The summed E-state index contributed by atoms with van der Waals surface area (Å²) in [6, 6.07) is 7.15. The molecule has 0 bridgehead atoms. The van der Waals surface area contributed by atoms with Crippen molar-refractivity contribution in [1.29, 1.82) is 10.5 Å². The number of halogens is 1. The predicted octanol–water partition coefficient (Wildman–Crippen LogP) is 2.75. The van der Waals surface area contributed by atoms with E-state index >= 15 is 0 Å². The molecule has 5 N–H and O–H groups in total. The standard InChI is InChI=1S/C27H34ClN11O3/c1-5-31-23-24-33-14-17(13-30)39(24)37-25(36-23)34-19-10-16(12-29)11-21(22(19)28)38-9-6-18(35-26(40)42-4)20(15-38)32-8-7-27(2,3)41/h10-11,14,18,20,32,41H,5-9,15H2,1-4H3,(H,35,40)(H2,31,34,36,37)/t18-,20+/m1/s1. The maximum Gasteiger partial charge on any atom is 0.407 e. The molecule has 3 heterocycles. The molecule has 0 radical (unpaired) electrons. The number of imidazole rings is 1. The fraction of sp³-hybridized carbons (Fsp3) is 0.481. The van der Waals surface area contributed by atoms with Crippen LogP contribution in [0.5, 0.6) is 0 Å². The summed E-state index contributed by atoms with van der Waals surface area (Å²) in [5.74, 6) is 0.590. The van der Waals surface area contributed by atoms with Gasteiger partial charge in [0.2, 0.25) is 5.95 Å². The third kappa shape index (κ3) is 7.09. The van der Waals surface area contributed by atoms with Crippen LogP contribution in [0.2, 0.25) is 5.02 Å². The molecule has 222 valence electrons. The van der Waals surface area contributed by atoms with E-state index in [9.17, 15) is 20.4 Å². The van der Waals surface area contributed by atoms with Gasteiger partial charge in [-0.25, -0.2) is 9.78 Å². The van der Waals surface area contributed by atoms with Crippen LogP contribution in [0.4, 0.5) is 27.9 Å². The fourth-order valence-corrected chi connectivity index (χ4v) is 5.01. The number of fused-ring (bicyclic) bond motifs is 1. The SMILES string of the molecule is CCNc1nc(Nc2cc(C#N)cc(N3CC[C@@H](NC(=O)OC)[C@@H](NCCC(C)(C)O)C3)c2Cl)nn2c(C#N)cnc12. The summed E-state index contributed by atoms with van der Waals surface area (Å²) in [6.45, 7) is 7.49. The Balaban J connectivity index is 1.65. The average molecular weight is 596 g/mol. The van der Waals surface area contributed by atoms with Crippen molar-refractivity contribution in [1.82, 2.24) is 30.2 Å². The van der Waals surface area contributed by atoms with Crippen molar-refractivity contribution in [2.75, 3.05) is 48.8 Å². The summed E-state index contributed by atoms with van der Waals surface area (Å²) in [7, 11) is 1.32. The van der Waals surface area contributed by atoms with Gasteiger partial charge in [-0.15, -0.1) is 5.10 Å². The van der Waals surface area contributed by atoms with Crippen LogP contribution in [0.25, 0.3) is 5.65 Å². The molecule has 0 aliphatic carbocycles. The van der Waals surface area contributed by atoms with Gasteiger partial charge in [-0.2, -0.15) is 20.0 Å². The van der Waals surface area contributed by atoms with E-state index in [0.29, 0.717) is 72.4 Å². The lowest BCUT2D eigenvalue weighted by molar-refractivity contribution is 0.0695. The molecule has 0 saturated carbocycles. The molecule has 1 aliphatic rings. The van der Waals surface area contributed by atoms with Gasteiger partial charge in [0.05, 0.1) is 53.0 Å². The molecular formula is C27H34ClN11O3. The van der Waals surface area contributed by atoms with Crippen LogP contribution in [0, 0.1) is 22.7 Å². The van der Waals surface area contributed by atoms with Gasteiger partial charge < -0.3 is 36.0 Å². The van der Waals surface area contributed by atoms with E-state index in [1.54, 1.807) is 26.0 Å². The number of methoxy groups -OCH3 is 1. The third-order valence-electron chi connectivity index (χ3n) is 6.84. The number of rotatable bonds is 10. The largest absolute Gasteiger partial charge is 0.453 e. The molecular weight excluding hydrogens is 562 g/mol. The number of alkyl carbamates (subject to hydrolysis) is 1. The Hall–Kier alpha value is -4.37. The van der Waals surface area contributed by atoms with E-state index < -0.39 is 11.7 Å². The number of aliphatic hydroxyl groups is 1. The van der Waals surface area contributed by atoms with E-state index in [1.165, 1.54) is 17.8 Å². The molecule has 15 heteroatoms. The van der Waals surface area contributed by atoms with Crippen molar-refractivity contribution in [2.45, 2.75) is 51.3 Å². The Labute approximate surface area is 248 Å². The number of nitriles is 2. The van der Waals surface area contributed by atoms with Crippen molar-refractivity contribution in [3.63, 3.8) is 0 Å². The number of benzene rings is 1. The molecule has 1 aromatic carbocycles. The van der Waals surface area contributed by atoms with Crippen molar-refractivity contribution in [2.24, 2.45) is 0 Å². The van der Waals surface area contributed by atoms with Gasteiger partial charge in [-0.05, 0) is 52.3 Å². The molecule has 4 rings (SSSR count). The monoisotopic (exact) mass is 595 g/mol. The molecule has 0 unspecified atom stereocenters. The second-order valence-electron chi connectivity index (χ2n) is 10.5. The summed E-state index contributed by atoms with van der Waals surface area (Å²) in [6.07, 6.45) is 1.98. The first kappa shape index (κ1) is 30.6. The lowest BCUT2D eigenvalue weighted by atomic mass is 9.97. The van der Waals surface area contributed by atoms with E-state index in [-0.39, 0.29) is 23.7 Å². The summed E-state index contributed by atoms with van der Waals surface area (Å²) in [5.41, 5.74) is 1.19. The van der Waals surface area contributed by atoms with Gasteiger partial charge in [-0.1, -0.05) is 11.6 Å². The zero-order valence-electron chi connectivity index (χ0n) is 23.9. The molecule has 1 amide bonds. The van der Waals surface area contributed by atoms with Crippen molar-refractivity contribution >= 4 is 46.5 Å². The second-order valence-corrected chi connectivity index (χ2v) is 10.9.